The highest BCUT2D eigenvalue weighted by Crippen LogP contribution is 2.26. The number of aromatic nitrogens is 5. The second kappa shape index (κ2) is 8.05. The number of amides is 1. The molecule has 0 aliphatic heterocycles. The van der Waals surface area contributed by atoms with Crippen LogP contribution in [0, 0.1) is 0 Å². The highest BCUT2D eigenvalue weighted by molar-refractivity contribution is 7.98. The van der Waals surface area contributed by atoms with Crippen LogP contribution in [0.1, 0.15) is 12.6 Å². The number of carbonyl (C=O) groups is 1. The minimum atomic E-state index is -0.135. The van der Waals surface area contributed by atoms with Crippen molar-refractivity contribution in [1.29, 1.82) is 0 Å². The minimum absolute atomic E-state index is 0.135. The van der Waals surface area contributed by atoms with Crippen LogP contribution >= 0.6 is 11.8 Å². The number of hydrogen-bond donors (Lipinski definition) is 1. The normalized spacial score (nSPS) is 10.8. The van der Waals surface area contributed by atoms with E-state index in [9.17, 15) is 4.79 Å². The van der Waals surface area contributed by atoms with Crippen LogP contribution in [-0.2, 0) is 10.5 Å². The number of benzene rings is 2. The number of nitrogens with zero attached hydrogens (tertiary/aromatic N) is 5. The Hall–Kier alpha value is -3.46. The lowest BCUT2D eigenvalue weighted by Gasteiger charge is -2.06. The minimum Gasteiger partial charge on any atom is -0.356 e. The molecule has 0 atom stereocenters. The number of rotatable bonds is 6. The number of carbonyl (C=O) groups excluding carboxylic acids is 1. The average molecular weight is 392 g/mol. The molecular weight excluding hydrogens is 376 g/mol. The van der Waals surface area contributed by atoms with Crippen LogP contribution < -0.4 is 5.32 Å². The molecule has 28 heavy (non-hydrogen) atoms. The molecule has 2 aromatic carbocycles. The van der Waals surface area contributed by atoms with Gasteiger partial charge in [0.15, 0.2) is 5.76 Å². The molecule has 0 aliphatic carbocycles. The molecule has 9 heteroatoms. The van der Waals surface area contributed by atoms with E-state index in [0.717, 1.165) is 22.7 Å². The molecular formula is C19H16N6O2S. The van der Waals surface area contributed by atoms with E-state index in [4.69, 9.17) is 4.52 Å². The second-order valence-electron chi connectivity index (χ2n) is 5.94. The summed E-state index contributed by atoms with van der Waals surface area (Å²) in [4.78, 5) is 11.3. The quantitative estimate of drug-likeness (QED) is 0.501. The fraction of sp³-hybridized carbons (Fsp3) is 0.105. The van der Waals surface area contributed by atoms with Gasteiger partial charge in [-0.3, -0.25) is 4.79 Å². The number of hydrogen-bond acceptors (Lipinski definition) is 7. The standard InChI is InChI=1S/C19H16N6O2S/c1-13(26)20-15-8-5-9-17(10-15)25-19(21-23-24-25)28-12-16-11-18(27-22-16)14-6-3-2-4-7-14/h2-11H,12H2,1H3,(H,20,26). The summed E-state index contributed by atoms with van der Waals surface area (Å²) in [6, 6.07) is 19.0. The molecule has 8 nitrogen and oxygen atoms in total. The molecule has 0 saturated heterocycles. The van der Waals surface area contributed by atoms with E-state index in [0.29, 0.717) is 16.6 Å². The molecule has 4 rings (SSSR count). The lowest BCUT2D eigenvalue weighted by molar-refractivity contribution is -0.114. The van der Waals surface area contributed by atoms with Crippen molar-refractivity contribution in [3.63, 3.8) is 0 Å². The monoisotopic (exact) mass is 392 g/mol. The largest absolute Gasteiger partial charge is 0.356 e. The SMILES string of the molecule is CC(=O)Nc1cccc(-n2nnnc2SCc2cc(-c3ccccc3)on2)c1. The lowest BCUT2D eigenvalue weighted by Crippen LogP contribution is -2.07. The van der Waals surface area contributed by atoms with Crippen molar-refractivity contribution in [1.82, 2.24) is 25.4 Å². The van der Waals surface area contributed by atoms with Crippen LogP contribution in [0.3, 0.4) is 0 Å². The van der Waals surface area contributed by atoms with Crippen LogP contribution in [0.25, 0.3) is 17.0 Å². The van der Waals surface area contributed by atoms with Crippen molar-refractivity contribution >= 4 is 23.4 Å². The Labute approximate surface area is 164 Å². The zero-order chi connectivity index (χ0) is 19.3. The predicted molar refractivity (Wildman–Crippen MR) is 105 cm³/mol. The Morgan fingerprint density at radius 1 is 1.14 bits per heavy atom. The van der Waals surface area contributed by atoms with Crippen molar-refractivity contribution in [3.8, 4) is 17.0 Å². The first-order valence-electron chi connectivity index (χ1n) is 8.49. The summed E-state index contributed by atoms with van der Waals surface area (Å²) in [6.45, 7) is 1.46. The molecule has 1 N–H and O–H groups in total. The van der Waals surface area contributed by atoms with Gasteiger partial charge in [-0.1, -0.05) is 53.3 Å². The highest BCUT2D eigenvalue weighted by Gasteiger charge is 2.12. The topological polar surface area (TPSA) is 98.7 Å². The fourth-order valence-corrected chi connectivity index (χ4v) is 3.38. The first kappa shape index (κ1) is 17.9. The van der Waals surface area contributed by atoms with Crippen LogP contribution in [0.4, 0.5) is 5.69 Å². The first-order valence-corrected chi connectivity index (χ1v) is 9.48. The van der Waals surface area contributed by atoms with Gasteiger partial charge in [-0.2, -0.15) is 4.68 Å². The van der Waals surface area contributed by atoms with Gasteiger partial charge in [0.2, 0.25) is 11.1 Å². The van der Waals surface area contributed by atoms with E-state index in [2.05, 4.69) is 26.0 Å². The third-order valence-corrected chi connectivity index (χ3v) is 4.77. The maximum absolute atomic E-state index is 11.3. The highest BCUT2D eigenvalue weighted by atomic mass is 32.2. The molecule has 1 amide bonds. The van der Waals surface area contributed by atoms with Gasteiger partial charge < -0.3 is 9.84 Å². The Kier molecular flexibility index (Phi) is 5.16. The van der Waals surface area contributed by atoms with E-state index in [1.54, 1.807) is 4.68 Å². The van der Waals surface area contributed by atoms with Crippen LogP contribution in [0.5, 0.6) is 0 Å². The average Bonchev–Trinajstić information content (AvgIpc) is 3.36. The lowest BCUT2D eigenvalue weighted by atomic mass is 10.2. The second-order valence-corrected chi connectivity index (χ2v) is 6.88. The van der Waals surface area contributed by atoms with Crippen LogP contribution in [0.15, 0.2) is 70.3 Å². The maximum Gasteiger partial charge on any atom is 0.221 e. The van der Waals surface area contributed by atoms with Gasteiger partial charge >= 0.3 is 0 Å². The third-order valence-electron chi connectivity index (χ3n) is 3.82. The fourth-order valence-electron chi connectivity index (χ4n) is 2.61. The molecule has 0 fully saturated rings. The summed E-state index contributed by atoms with van der Waals surface area (Å²) < 4.78 is 7.05. The molecule has 2 heterocycles. The summed E-state index contributed by atoms with van der Waals surface area (Å²) in [5.74, 6) is 1.14. The van der Waals surface area contributed by atoms with Gasteiger partial charge in [0, 0.05) is 30.0 Å². The Bertz CT molecular complexity index is 1090. The zero-order valence-electron chi connectivity index (χ0n) is 14.9. The van der Waals surface area contributed by atoms with Crippen molar-refractivity contribution in [2.75, 3.05) is 5.32 Å². The van der Waals surface area contributed by atoms with Gasteiger partial charge in [0.05, 0.1) is 11.4 Å². The van der Waals surface area contributed by atoms with E-state index in [1.807, 2.05) is 60.7 Å². The van der Waals surface area contributed by atoms with Gasteiger partial charge in [-0.15, -0.1) is 5.10 Å². The molecule has 0 spiro atoms. The first-order chi connectivity index (χ1) is 13.7. The number of thioether (sulfide) groups is 1. The number of anilines is 1. The summed E-state index contributed by atoms with van der Waals surface area (Å²) in [5.41, 5.74) is 3.21. The molecule has 2 aromatic heterocycles. The summed E-state index contributed by atoms with van der Waals surface area (Å²) >= 11 is 1.45. The summed E-state index contributed by atoms with van der Waals surface area (Å²) in [7, 11) is 0. The van der Waals surface area contributed by atoms with Gasteiger partial charge in [-0.25, -0.2) is 0 Å². The van der Waals surface area contributed by atoms with E-state index in [-0.39, 0.29) is 5.91 Å². The molecule has 0 aliphatic rings. The van der Waals surface area contributed by atoms with Crippen LogP contribution in [-0.4, -0.2) is 31.3 Å². The van der Waals surface area contributed by atoms with Crippen molar-refractivity contribution < 1.29 is 9.32 Å². The zero-order valence-corrected chi connectivity index (χ0v) is 15.8. The van der Waals surface area contributed by atoms with Crippen molar-refractivity contribution in [3.05, 3.63) is 66.4 Å². The molecule has 140 valence electrons. The molecule has 4 aromatic rings. The Morgan fingerprint density at radius 2 is 2.00 bits per heavy atom. The third kappa shape index (κ3) is 4.09. The number of nitrogens with one attached hydrogen (secondary N) is 1. The van der Waals surface area contributed by atoms with E-state index < -0.39 is 0 Å². The number of tetrazole rings is 1. The van der Waals surface area contributed by atoms with E-state index in [1.165, 1.54) is 18.7 Å². The van der Waals surface area contributed by atoms with Gasteiger partial charge in [-0.05, 0) is 28.6 Å². The summed E-state index contributed by atoms with van der Waals surface area (Å²) in [5, 5.41) is 19.4. The van der Waals surface area contributed by atoms with Crippen LogP contribution in [0.2, 0.25) is 0 Å². The van der Waals surface area contributed by atoms with Crippen molar-refractivity contribution in [2.24, 2.45) is 0 Å². The molecule has 0 saturated carbocycles. The van der Waals surface area contributed by atoms with Gasteiger partial charge in [0.1, 0.15) is 0 Å². The van der Waals surface area contributed by atoms with Crippen molar-refractivity contribution in [2.45, 2.75) is 17.8 Å². The summed E-state index contributed by atoms with van der Waals surface area (Å²) in [6.07, 6.45) is 0. The molecule has 0 radical (unpaired) electrons. The molecule has 0 unspecified atom stereocenters. The Morgan fingerprint density at radius 3 is 2.82 bits per heavy atom. The molecule has 0 bridgehead atoms. The predicted octanol–water partition coefficient (Wildman–Crippen LogP) is 3.57. The maximum atomic E-state index is 11.3. The van der Waals surface area contributed by atoms with E-state index >= 15 is 0 Å². The Balaban J connectivity index is 1.48. The van der Waals surface area contributed by atoms with Gasteiger partial charge in [0.25, 0.3) is 0 Å². The smallest absolute Gasteiger partial charge is 0.221 e.